The third-order valence-corrected chi connectivity index (χ3v) is 1.66. The largest absolute Gasteiger partial charge is 0.507 e. The van der Waals surface area contributed by atoms with E-state index in [1.807, 2.05) is 19.1 Å². The van der Waals surface area contributed by atoms with E-state index in [0.29, 0.717) is 5.70 Å². The molecule has 0 aromatic heterocycles. The van der Waals surface area contributed by atoms with Gasteiger partial charge < -0.3 is 10.8 Å². The standard InChI is InChI=1S/C11H13NO/c1-8-3-6-11(13)10(7-8)5-4-9(2)12/h3-7,13H,2,12H2,1H3/b5-4+. The molecule has 0 saturated carbocycles. The molecule has 3 N–H and O–H groups in total. The van der Waals surface area contributed by atoms with Crippen LogP contribution in [0.4, 0.5) is 0 Å². The van der Waals surface area contributed by atoms with Crippen molar-refractivity contribution in [3.05, 3.63) is 47.7 Å². The van der Waals surface area contributed by atoms with Gasteiger partial charge in [0.1, 0.15) is 5.75 Å². The van der Waals surface area contributed by atoms with E-state index in [9.17, 15) is 5.11 Å². The van der Waals surface area contributed by atoms with Crippen LogP contribution in [-0.2, 0) is 0 Å². The number of hydrogen-bond donors (Lipinski definition) is 2. The maximum absolute atomic E-state index is 9.43. The van der Waals surface area contributed by atoms with Gasteiger partial charge in [-0.15, -0.1) is 0 Å². The highest BCUT2D eigenvalue weighted by Crippen LogP contribution is 2.19. The molecule has 1 aromatic carbocycles. The third kappa shape index (κ3) is 2.67. The highest BCUT2D eigenvalue weighted by Gasteiger charge is 1.95. The molecule has 2 heteroatoms. The second kappa shape index (κ2) is 3.81. The summed E-state index contributed by atoms with van der Waals surface area (Å²) in [5, 5.41) is 9.43. The Labute approximate surface area is 78.0 Å². The van der Waals surface area contributed by atoms with Gasteiger partial charge in [0, 0.05) is 11.3 Å². The Morgan fingerprint density at radius 3 is 2.85 bits per heavy atom. The average Bonchev–Trinajstić information content (AvgIpc) is 2.06. The van der Waals surface area contributed by atoms with E-state index in [1.54, 1.807) is 18.2 Å². The number of aryl methyl sites for hydroxylation is 1. The molecule has 0 heterocycles. The first-order chi connectivity index (χ1) is 6.09. The summed E-state index contributed by atoms with van der Waals surface area (Å²) in [4.78, 5) is 0. The van der Waals surface area contributed by atoms with Crippen molar-refractivity contribution in [3.8, 4) is 5.75 Å². The zero-order chi connectivity index (χ0) is 9.84. The summed E-state index contributed by atoms with van der Waals surface area (Å²) >= 11 is 0. The summed E-state index contributed by atoms with van der Waals surface area (Å²) in [6.45, 7) is 5.50. The molecule has 0 unspecified atom stereocenters. The van der Waals surface area contributed by atoms with Gasteiger partial charge in [-0.3, -0.25) is 0 Å². The molecule has 0 aliphatic rings. The lowest BCUT2D eigenvalue weighted by atomic mass is 10.1. The Morgan fingerprint density at radius 2 is 2.23 bits per heavy atom. The topological polar surface area (TPSA) is 46.2 Å². The van der Waals surface area contributed by atoms with Crippen molar-refractivity contribution in [2.45, 2.75) is 6.92 Å². The molecular weight excluding hydrogens is 162 g/mol. The Balaban J connectivity index is 3.00. The van der Waals surface area contributed by atoms with Gasteiger partial charge in [-0.2, -0.15) is 0 Å². The fraction of sp³-hybridized carbons (Fsp3) is 0.0909. The third-order valence-electron chi connectivity index (χ3n) is 1.66. The quantitative estimate of drug-likeness (QED) is 0.677. The second-order valence-electron chi connectivity index (χ2n) is 2.97. The van der Waals surface area contributed by atoms with Gasteiger partial charge in [0.05, 0.1) is 0 Å². The van der Waals surface area contributed by atoms with Gasteiger partial charge in [-0.1, -0.05) is 18.2 Å². The molecule has 13 heavy (non-hydrogen) atoms. The van der Waals surface area contributed by atoms with Crippen LogP contribution in [-0.4, -0.2) is 5.11 Å². The van der Waals surface area contributed by atoms with Gasteiger partial charge in [0.25, 0.3) is 0 Å². The Bertz CT molecular complexity index is 353. The fourth-order valence-corrected chi connectivity index (χ4v) is 1.00. The maximum Gasteiger partial charge on any atom is 0.122 e. The molecule has 2 nitrogen and oxygen atoms in total. The lowest BCUT2D eigenvalue weighted by Gasteiger charge is -1.99. The van der Waals surface area contributed by atoms with Gasteiger partial charge >= 0.3 is 0 Å². The molecular formula is C11H13NO. The van der Waals surface area contributed by atoms with Crippen LogP contribution in [0.1, 0.15) is 11.1 Å². The van der Waals surface area contributed by atoms with E-state index in [2.05, 4.69) is 6.58 Å². The van der Waals surface area contributed by atoms with E-state index < -0.39 is 0 Å². The Hall–Kier alpha value is -1.70. The van der Waals surface area contributed by atoms with E-state index >= 15 is 0 Å². The molecule has 0 bridgehead atoms. The van der Waals surface area contributed by atoms with E-state index in [0.717, 1.165) is 11.1 Å². The molecule has 0 radical (unpaired) electrons. The van der Waals surface area contributed by atoms with Crippen molar-refractivity contribution in [1.82, 2.24) is 0 Å². The molecule has 0 atom stereocenters. The van der Waals surface area contributed by atoms with Crippen LogP contribution in [0, 0.1) is 6.92 Å². The summed E-state index contributed by atoms with van der Waals surface area (Å²) in [5.41, 5.74) is 7.69. The van der Waals surface area contributed by atoms with Gasteiger partial charge in [0.2, 0.25) is 0 Å². The first-order valence-corrected chi connectivity index (χ1v) is 4.01. The number of allylic oxidation sites excluding steroid dienone is 1. The SMILES string of the molecule is C=C(N)/C=C/c1cc(C)ccc1O. The number of benzene rings is 1. The summed E-state index contributed by atoms with van der Waals surface area (Å²) in [5.74, 6) is 0.253. The van der Waals surface area contributed by atoms with Crippen molar-refractivity contribution in [1.29, 1.82) is 0 Å². The zero-order valence-corrected chi connectivity index (χ0v) is 7.62. The number of nitrogens with two attached hydrogens (primary N) is 1. The number of hydrogen-bond acceptors (Lipinski definition) is 2. The number of phenols is 1. The van der Waals surface area contributed by atoms with Crippen molar-refractivity contribution < 1.29 is 5.11 Å². The molecule has 0 saturated heterocycles. The van der Waals surface area contributed by atoms with Crippen molar-refractivity contribution in [2.24, 2.45) is 5.73 Å². The summed E-state index contributed by atoms with van der Waals surface area (Å²) in [7, 11) is 0. The lowest BCUT2D eigenvalue weighted by molar-refractivity contribution is 0.474. The minimum Gasteiger partial charge on any atom is -0.507 e. The van der Waals surface area contributed by atoms with Crippen LogP contribution in [0.2, 0.25) is 0 Å². The molecule has 1 rings (SSSR count). The highest BCUT2D eigenvalue weighted by atomic mass is 16.3. The molecule has 1 aromatic rings. The maximum atomic E-state index is 9.43. The summed E-state index contributed by atoms with van der Waals surface area (Å²) in [6, 6.07) is 5.40. The van der Waals surface area contributed by atoms with E-state index in [4.69, 9.17) is 5.73 Å². The van der Waals surface area contributed by atoms with Crippen molar-refractivity contribution in [2.75, 3.05) is 0 Å². The van der Waals surface area contributed by atoms with Gasteiger partial charge in [-0.25, -0.2) is 0 Å². The van der Waals surface area contributed by atoms with Crippen LogP contribution in [0.3, 0.4) is 0 Å². The molecule has 0 aliphatic heterocycles. The minimum atomic E-state index is 0.253. The van der Waals surface area contributed by atoms with Crippen LogP contribution in [0.15, 0.2) is 36.6 Å². The van der Waals surface area contributed by atoms with E-state index in [-0.39, 0.29) is 5.75 Å². The normalized spacial score (nSPS) is 10.5. The molecule has 0 aliphatic carbocycles. The monoisotopic (exact) mass is 175 g/mol. The Morgan fingerprint density at radius 1 is 1.54 bits per heavy atom. The van der Waals surface area contributed by atoms with Crippen LogP contribution in [0.25, 0.3) is 6.08 Å². The smallest absolute Gasteiger partial charge is 0.122 e. The second-order valence-corrected chi connectivity index (χ2v) is 2.97. The Kier molecular flexibility index (Phi) is 2.75. The summed E-state index contributed by atoms with van der Waals surface area (Å²) < 4.78 is 0. The van der Waals surface area contributed by atoms with Crippen molar-refractivity contribution >= 4 is 6.08 Å². The van der Waals surface area contributed by atoms with Crippen LogP contribution in [0.5, 0.6) is 5.75 Å². The lowest BCUT2D eigenvalue weighted by Crippen LogP contribution is -1.88. The first kappa shape index (κ1) is 9.39. The minimum absolute atomic E-state index is 0.253. The van der Waals surface area contributed by atoms with Crippen LogP contribution < -0.4 is 5.73 Å². The predicted octanol–water partition coefficient (Wildman–Crippen LogP) is 2.19. The molecule has 0 spiro atoms. The first-order valence-electron chi connectivity index (χ1n) is 4.01. The van der Waals surface area contributed by atoms with E-state index in [1.165, 1.54) is 0 Å². The molecule has 0 fully saturated rings. The van der Waals surface area contributed by atoms with Crippen LogP contribution >= 0.6 is 0 Å². The fourth-order valence-electron chi connectivity index (χ4n) is 1.00. The zero-order valence-electron chi connectivity index (χ0n) is 7.62. The predicted molar refractivity (Wildman–Crippen MR) is 55.2 cm³/mol. The number of phenolic OH excluding ortho intramolecular Hbond substituents is 1. The number of aromatic hydroxyl groups is 1. The molecule has 68 valence electrons. The average molecular weight is 175 g/mol. The summed E-state index contributed by atoms with van der Waals surface area (Å²) in [6.07, 6.45) is 3.40. The highest BCUT2D eigenvalue weighted by molar-refractivity contribution is 5.59. The van der Waals surface area contributed by atoms with Gasteiger partial charge in [0.15, 0.2) is 0 Å². The number of rotatable bonds is 2. The van der Waals surface area contributed by atoms with Gasteiger partial charge in [-0.05, 0) is 31.2 Å². The molecule has 0 amide bonds. The van der Waals surface area contributed by atoms with Crippen molar-refractivity contribution in [3.63, 3.8) is 0 Å².